The van der Waals surface area contributed by atoms with Crippen LogP contribution < -0.4 is 4.74 Å². The first-order valence-electron chi connectivity index (χ1n) is 7.04. The number of carbonyl (C=O) groups excluding carboxylic acids is 1. The van der Waals surface area contributed by atoms with Crippen LogP contribution in [0.4, 0.5) is 4.39 Å². The van der Waals surface area contributed by atoms with Crippen LogP contribution in [0.1, 0.15) is 35.7 Å². The second-order valence-corrected chi connectivity index (χ2v) is 5.29. The van der Waals surface area contributed by atoms with E-state index in [0.29, 0.717) is 16.9 Å². The van der Waals surface area contributed by atoms with Crippen molar-refractivity contribution in [1.29, 1.82) is 0 Å². The average Bonchev–Trinajstić information content (AvgIpc) is 2.54. The maximum atomic E-state index is 14.2. The summed E-state index contributed by atoms with van der Waals surface area (Å²) in [6.45, 7) is 4.00. The maximum absolute atomic E-state index is 14.2. The van der Waals surface area contributed by atoms with Crippen molar-refractivity contribution in [1.82, 2.24) is 0 Å². The monoisotopic (exact) mass is 302 g/mol. The number of rotatable bonds is 4. The van der Waals surface area contributed by atoms with E-state index in [0.717, 1.165) is 11.1 Å². The van der Waals surface area contributed by atoms with E-state index in [4.69, 9.17) is 9.47 Å². The van der Waals surface area contributed by atoms with Gasteiger partial charge in [0.15, 0.2) is 0 Å². The van der Waals surface area contributed by atoms with Gasteiger partial charge in [0.1, 0.15) is 11.6 Å². The summed E-state index contributed by atoms with van der Waals surface area (Å²) >= 11 is 0. The van der Waals surface area contributed by atoms with Gasteiger partial charge in [0.2, 0.25) is 0 Å². The van der Waals surface area contributed by atoms with E-state index in [1.807, 2.05) is 13.8 Å². The van der Waals surface area contributed by atoms with Crippen LogP contribution in [0.25, 0.3) is 11.1 Å². The SMILES string of the molecule is COC(=O)c1ccc(-c2cc(OC)ccc2F)c(C(C)C)c1. The Balaban J connectivity index is 2.62. The molecule has 0 saturated carbocycles. The molecule has 0 bridgehead atoms. The van der Waals surface area contributed by atoms with Crippen LogP contribution in [0.2, 0.25) is 0 Å². The van der Waals surface area contributed by atoms with Gasteiger partial charge in [-0.25, -0.2) is 9.18 Å². The Labute approximate surface area is 129 Å². The summed E-state index contributed by atoms with van der Waals surface area (Å²) < 4.78 is 24.1. The zero-order valence-electron chi connectivity index (χ0n) is 13.1. The van der Waals surface area contributed by atoms with Crippen molar-refractivity contribution in [2.24, 2.45) is 0 Å². The van der Waals surface area contributed by atoms with Crippen LogP contribution in [0.5, 0.6) is 5.75 Å². The van der Waals surface area contributed by atoms with Crippen LogP contribution in [0.3, 0.4) is 0 Å². The fourth-order valence-electron chi connectivity index (χ4n) is 2.37. The van der Waals surface area contributed by atoms with E-state index in [9.17, 15) is 9.18 Å². The zero-order valence-corrected chi connectivity index (χ0v) is 13.1. The molecule has 0 saturated heterocycles. The third-order valence-corrected chi connectivity index (χ3v) is 3.56. The Kier molecular flexibility index (Phi) is 4.81. The topological polar surface area (TPSA) is 35.5 Å². The number of benzene rings is 2. The Morgan fingerprint density at radius 3 is 2.36 bits per heavy atom. The first-order chi connectivity index (χ1) is 10.5. The van der Waals surface area contributed by atoms with Crippen LogP contribution in [-0.2, 0) is 4.74 Å². The van der Waals surface area contributed by atoms with Gasteiger partial charge in [-0.1, -0.05) is 19.9 Å². The normalized spacial score (nSPS) is 10.6. The predicted octanol–water partition coefficient (Wildman–Crippen LogP) is 4.41. The highest BCUT2D eigenvalue weighted by atomic mass is 19.1. The number of hydrogen-bond donors (Lipinski definition) is 0. The lowest BCUT2D eigenvalue weighted by atomic mass is 9.90. The van der Waals surface area contributed by atoms with Gasteiger partial charge < -0.3 is 9.47 Å². The molecule has 0 spiro atoms. The lowest BCUT2D eigenvalue weighted by molar-refractivity contribution is 0.0600. The summed E-state index contributed by atoms with van der Waals surface area (Å²) in [6, 6.07) is 9.77. The number of halogens is 1. The smallest absolute Gasteiger partial charge is 0.337 e. The highest BCUT2D eigenvalue weighted by Crippen LogP contribution is 2.34. The molecule has 2 aromatic rings. The van der Waals surface area contributed by atoms with Crippen molar-refractivity contribution in [3.05, 3.63) is 53.3 Å². The van der Waals surface area contributed by atoms with Crippen LogP contribution in [0, 0.1) is 5.82 Å². The average molecular weight is 302 g/mol. The van der Waals surface area contributed by atoms with Crippen LogP contribution in [-0.4, -0.2) is 20.2 Å². The number of hydrogen-bond acceptors (Lipinski definition) is 3. The molecule has 0 radical (unpaired) electrons. The van der Waals surface area contributed by atoms with E-state index in [-0.39, 0.29) is 11.7 Å². The van der Waals surface area contributed by atoms with E-state index >= 15 is 0 Å². The fourth-order valence-corrected chi connectivity index (χ4v) is 2.37. The van der Waals surface area contributed by atoms with Gasteiger partial charge >= 0.3 is 5.97 Å². The third kappa shape index (κ3) is 3.11. The maximum Gasteiger partial charge on any atom is 0.337 e. The Morgan fingerprint density at radius 2 is 1.77 bits per heavy atom. The van der Waals surface area contributed by atoms with Gasteiger partial charge in [0.05, 0.1) is 19.8 Å². The summed E-state index contributed by atoms with van der Waals surface area (Å²) in [7, 11) is 2.88. The molecule has 22 heavy (non-hydrogen) atoms. The largest absolute Gasteiger partial charge is 0.497 e. The number of ether oxygens (including phenoxy) is 2. The van der Waals surface area contributed by atoms with Gasteiger partial charge in [-0.2, -0.15) is 0 Å². The van der Waals surface area contributed by atoms with Crippen molar-refractivity contribution in [3.63, 3.8) is 0 Å². The molecule has 0 aliphatic heterocycles. The second kappa shape index (κ2) is 6.60. The minimum Gasteiger partial charge on any atom is -0.497 e. The first kappa shape index (κ1) is 16.0. The molecule has 0 aliphatic carbocycles. The molecule has 2 rings (SSSR count). The molecule has 0 amide bonds. The minimum atomic E-state index is -0.403. The summed E-state index contributed by atoms with van der Waals surface area (Å²) in [6.07, 6.45) is 0. The molecule has 0 aromatic heterocycles. The van der Waals surface area contributed by atoms with Gasteiger partial charge in [0.25, 0.3) is 0 Å². The Hall–Kier alpha value is -2.36. The number of esters is 1. The van der Waals surface area contributed by atoms with E-state index in [1.54, 1.807) is 37.4 Å². The van der Waals surface area contributed by atoms with Crippen LogP contribution in [0.15, 0.2) is 36.4 Å². The van der Waals surface area contributed by atoms with Crippen molar-refractivity contribution in [2.45, 2.75) is 19.8 Å². The quantitative estimate of drug-likeness (QED) is 0.785. The fraction of sp³-hybridized carbons (Fsp3) is 0.278. The van der Waals surface area contributed by atoms with E-state index < -0.39 is 5.97 Å². The van der Waals surface area contributed by atoms with Gasteiger partial charge in [-0.3, -0.25) is 0 Å². The highest BCUT2D eigenvalue weighted by molar-refractivity contribution is 5.90. The molecular formula is C18H19FO3. The van der Waals surface area contributed by atoms with E-state index in [1.165, 1.54) is 13.2 Å². The molecule has 2 aromatic carbocycles. The molecule has 116 valence electrons. The molecule has 0 fully saturated rings. The van der Waals surface area contributed by atoms with Crippen LogP contribution >= 0.6 is 0 Å². The lowest BCUT2D eigenvalue weighted by Gasteiger charge is -2.15. The molecule has 4 heteroatoms. The molecular weight excluding hydrogens is 283 g/mol. The number of carbonyl (C=O) groups is 1. The molecule has 0 atom stereocenters. The van der Waals surface area contributed by atoms with Gasteiger partial charge in [0, 0.05) is 5.56 Å². The standard InChI is InChI=1S/C18H19FO3/c1-11(2)15-9-12(18(20)22-4)5-7-14(15)16-10-13(21-3)6-8-17(16)19/h5-11H,1-4H3. The van der Waals surface area contributed by atoms with Gasteiger partial charge in [-0.05, 0) is 47.4 Å². The molecule has 0 aliphatic rings. The van der Waals surface area contributed by atoms with Crippen molar-refractivity contribution < 1.29 is 18.7 Å². The molecule has 0 heterocycles. The van der Waals surface area contributed by atoms with E-state index in [2.05, 4.69) is 0 Å². The minimum absolute atomic E-state index is 0.130. The molecule has 0 N–H and O–H groups in total. The van der Waals surface area contributed by atoms with Crippen molar-refractivity contribution in [2.75, 3.05) is 14.2 Å². The van der Waals surface area contributed by atoms with Crippen molar-refractivity contribution in [3.8, 4) is 16.9 Å². The number of methoxy groups -OCH3 is 2. The summed E-state index contributed by atoms with van der Waals surface area (Å²) in [5.41, 5.74) is 2.55. The molecule has 3 nitrogen and oxygen atoms in total. The summed E-state index contributed by atoms with van der Waals surface area (Å²) in [5.74, 6) is -0.0126. The third-order valence-electron chi connectivity index (χ3n) is 3.56. The summed E-state index contributed by atoms with van der Waals surface area (Å²) in [4.78, 5) is 11.7. The zero-order chi connectivity index (χ0) is 16.3. The first-order valence-corrected chi connectivity index (χ1v) is 7.04. The van der Waals surface area contributed by atoms with Gasteiger partial charge in [-0.15, -0.1) is 0 Å². The molecule has 0 unspecified atom stereocenters. The highest BCUT2D eigenvalue weighted by Gasteiger charge is 2.16. The summed E-state index contributed by atoms with van der Waals surface area (Å²) in [5, 5.41) is 0. The lowest BCUT2D eigenvalue weighted by Crippen LogP contribution is -2.04. The Bertz CT molecular complexity index is 693. The predicted molar refractivity (Wildman–Crippen MR) is 83.8 cm³/mol. The van der Waals surface area contributed by atoms with Crippen molar-refractivity contribution >= 4 is 5.97 Å². The second-order valence-electron chi connectivity index (χ2n) is 5.29. The Morgan fingerprint density at radius 1 is 1.05 bits per heavy atom.